The first kappa shape index (κ1) is 20.1. The highest BCUT2D eigenvalue weighted by Gasteiger charge is 2.21. The molecule has 1 aromatic heterocycles. The number of nitrogens with one attached hydrogen (secondary N) is 3. The molecule has 0 saturated carbocycles. The Bertz CT molecular complexity index is 518. The topological polar surface area (TPSA) is 79.2 Å². The number of nitrogens with zero attached hydrogens (tertiary/aromatic N) is 4. The van der Waals surface area contributed by atoms with Crippen molar-refractivity contribution < 1.29 is 0 Å². The number of aryl methyl sites for hydroxylation is 2. The third-order valence-electron chi connectivity index (χ3n) is 3.60. The molecule has 1 atom stereocenters. The Balaban J connectivity index is 0.00000264. The predicted molar refractivity (Wildman–Crippen MR) is 105 cm³/mol. The predicted octanol–water partition coefficient (Wildman–Crippen LogP) is 1.07. The fourth-order valence-electron chi connectivity index (χ4n) is 2.56. The zero-order chi connectivity index (χ0) is 16.2. The van der Waals surface area contributed by atoms with Gasteiger partial charge < -0.3 is 16.0 Å². The van der Waals surface area contributed by atoms with Crippen LogP contribution >= 0.6 is 24.0 Å². The molecule has 1 unspecified atom stereocenters. The zero-order valence-electron chi connectivity index (χ0n) is 14.8. The van der Waals surface area contributed by atoms with E-state index >= 15 is 0 Å². The summed E-state index contributed by atoms with van der Waals surface area (Å²) in [6.45, 7) is 11.0. The molecule has 0 spiro atoms. The van der Waals surface area contributed by atoms with E-state index < -0.39 is 0 Å². The molecule has 0 amide bonds. The maximum absolute atomic E-state index is 4.44. The molecule has 132 valence electrons. The van der Waals surface area contributed by atoms with Gasteiger partial charge in [-0.25, -0.2) is 9.67 Å². The van der Waals surface area contributed by atoms with Crippen molar-refractivity contribution in [3.8, 4) is 0 Å². The van der Waals surface area contributed by atoms with E-state index in [0.29, 0.717) is 6.04 Å². The Hall–Kier alpha value is -0.900. The Kier molecular flexibility index (Phi) is 7.72. The van der Waals surface area contributed by atoms with Gasteiger partial charge in [0, 0.05) is 38.1 Å². The number of hydrogen-bond donors (Lipinski definition) is 3. The van der Waals surface area contributed by atoms with Gasteiger partial charge in [-0.2, -0.15) is 5.10 Å². The molecule has 0 bridgehead atoms. The molecule has 1 aliphatic heterocycles. The van der Waals surface area contributed by atoms with Crippen LogP contribution in [0.3, 0.4) is 0 Å². The van der Waals surface area contributed by atoms with Gasteiger partial charge in [0.1, 0.15) is 11.6 Å². The summed E-state index contributed by atoms with van der Waals surface area (Å²) in [5.74, 6) is 2.79. The summed E-state index contributed by atoms with van der Waals surface area (Å²) in [7, 11) is 1.81. The van der Waals surface area contributed by atoms with Crippen molar-refractivity contribution in [3.05, 3.63) is 11.6 Å². The van der Waals surface area contributed by atoms with Crippen molar-refractivity contribution in [2.24, 2.45) is 4.99 Å². The van der Waals surface area contributed by atoms with E-state index in [1.165, 1.54) is 0 Å². The average Bonchev–Trinajstić information content (AvgIpc) is 2.80. The molecule has 2 rings (SSSR count). The van der Waals surface area contributed by atoms with Crippen LogP contribution in [-0.4, -0.2) is 52.4 Å². The maximum atomic E-state index is 4.44. The Labute approximate surface area is 156 Å². The smallest absolute Gasteiger partial charge is 0.191 e. The number of hydrogen-bond acceptors (Lipinski definition) is 4. The van der Waals surface area contributed by atoms with E-state index in [1.54, 1.807) is 7.05 Å². The molecule has 0 aromatic carbocycles. The molecule has 0 radical (unpaired) electrons. The van der Waals surface area contributed by atoms with Gasteiger partial charge in [-0.3, -0.25) is 4.99 Å². The summed E-state index contributed by atoms with van der Waals surface area (Å²) >= 11 is 0. The Morgan fingerprint density at radius 3 is 2.74 bits per heavy atom. The lowest BCUT2D eigenvalue weighted by molar-refractivity contribution is 0.391. The molecule has 1 aliphatic rings. The van der Waals surface area contributed by atoms with Crippen LogP contribution in [0.5, 0.6) is 0 Å². The Morgan fingerprint density at radius 1 is 1.35 bits per heavy atom. The van der Waals surface area contributed by atoms with Crippen molar-refractivity contribution in [3.63, 3.8) is 0 Å². The second kappa shape index (κ2) is 8.81. The van der Waals surface area contributed by atoms with Gasteiger partial charge in [0.15, 0.2) is 5.96 Å². The van der Waals surface area contributed by atoms with Crippen LogP contribution in [0, 0.1) is 6.92 Å². The number of guanidine groups is 1. The molecule has 7 nitrogen and oxygen atoms in total. The first-order valence-electron chi connectivity index (χ1n) is 8.00. The second-order valence-corrected chi connectivity index (χ2v) is 6.81. The number of aromatic nitrogens is 3. The van der Waals surface area contributed by atoms with Crippen LogP contribution in [0.25, 0.3) is 0 Å². The second-order valence-electron chi connectivity index (χ2n) is 6.81. The lowest BCUT2D eigenvalue weighted by atomic mass is 10.1. The largest absolute Gasteiger partial charge is 0.355 e. The third kappa shape index (κ3) is 6.62. The van der Waals surface area contributed by atoms with Crippen LogP contribution in [0.1, 0.15) is 38.8 Å². The van der Waals surface area contributed by atoms with Crippen LogP contribution in [0.4, 0.5) is 0 Å². The highest BCUT2D eigenvalue weighted by Crippen LogP contribution is 2.12. The zero-order valence-corrected chi connectivity index (χ0v) is 17.1. The quantitative estimate of drug-likeness (QED) is 0.286. The number of aliphatic imine (C=N–C) groups is 1. The summed E-state index contributed by atoms with van der Waals surface area (Å²) in [5, 5.41) is 14.7. The molecule has 8 heteroatoms. The van der Waals surface area contributed by atoms with Gasteiger partial charge in [0.25, 0.3) is 0 Å². The van der Waals surface area contributed by atoms with Gasteiger partial charge in [-0.1, -0.05) is 0 Å². The lowest BCUT2D eigenvalue weighted by Crippen LogP contribution is -2.49. The SMILES string of the molecule is CN=C(NCCNC(C)(C)C)NC1CCc2nc(C)nn2C1.I. The summed E-state index contributed by atoms with van der Waals surface area (Å²) in [4.78, 5) is 8.74. The first-order chi connectivity index (χ1) is 10.4. The van der Waals surface area contributed by atoms with E-state index in [2.05, 4.69) is 51.8 Å². The van der Waals surface area contributed by atoms with Crippen LogP contribution in [0.15, 0.2) is 4.99 Å². The maximum Gasteiger partial charge on any atom is 0.191 e. The molecule has 0 saturated heterocycles. The Morgan fingerprint density at radius 2 is 2.09 bits per heavy atom. The summed E-state index contributed by atoms with van der Waals surface area (Å²) in [5.41, 5.74) is 0.142. The van der Waals surface area contributed by atoms with Crippen molar-refractivity contribution in [1.82, 2.24) is 30.7 Å². The molecular formula is C15H30IN7. The van der Waals surface area contributed by atoms with Crippen molar-refractivity contribution >= 4 is 29.9 Å². The van der Waals surface area contributed by atoms with E-state index in [0.717, 1.165) is 50.1 Å². The van der Waals surface area contributed by atoms with Gasteiger partial charge in [0.2, 0.25) is 0 Å². The molecule has 0 aliphatic carbocycles. The molecule has 3 N–H and O–H groups in total. The number of rotatable bonds is 4. The minimum Gasteiger partial charge on any atom is -0.355 e. The summed E-state index contributed by atoms with van der Waals surface area (Å²) in [6.07, 6.45) is 2.01. The number of fused-ring (bicyclic) bond motifs is 1. The van der Waals surface area contributed by atoms with Crippen LogP contribution in [-0.2, 0) is 13.0 Å². The average molecular weight is 435 g/mol. The van der Waals surface area contributed by atoms with Crippen molar-refractivity contribution in [2.45, 2.75) is 58.7 Å². The molecule has 0 fully saturated rings. The van der Waals surface area contributed by atoms with Crippen molar-refractivity contribution in [1.29, 1.82) is 0 Å². The van der Waals surface area contributed by atoms with Gasteiger partial charge in [0.05, 0.1) is 6.54 Å². The minimum atomic E-state index is 0. The standard InChI is InChI=1S/C15H29N7.HI/c1-11-19-13-7-6-12(10-22(13)21-11)20-14(16-5)17-8-9-18-15(2,3)4;/h12,18H,6-10H2,1-5H3,(H2,16,17,20);1H. The molecule has 1 aromatic rings. The van der Waals surface area contributed by atoms with Crippen LogP contribution in [0.2, 0.25) is 0 Å². The van der Waals surface area contributed by atoms with E-state index in [-0.39, 0.29) is 29.5 Å². The fraction of sp³-hybridized carbons (Fsp3) is 0.800. The van der Waals surface area contributed by atoms with E-state index in [9.17, 15) is 0 Å². The number of halogens is 1. The molecule has 23 heavy (non-hydrogen) atoms. The van der Waals surface area contributed by atoms with Crippen molar-refractivity contribution in [2.75, 3.05) is 20.1 Å². The lowest BCUT2D eigenvalue weighted by Gasteiger charge is -2.26. The van der Waals surface area contributed by atoms with E-state index in [4.69, 9.17) is 0 Å². The van der Waals surface area contributed by atoms with Gasteiger partial charge in [-0.15, -0.1) is 24.0 Å². The fourth-order valence-corrected chi connectivity index (χ4v) is 2.56. The summed E-state index contributed by atoms with van der Waals surface area (Å²) in [6, 6.07) is 0.343. The van der Waals surface area contributed by atoms with Crippen LogP contribution < -0.4 is 16.0 Å². The third-order valence-corrected chi connectivity index (χ3v) is 3.60. The summed E-state index contributed by atoms with van der Waals surface area (Å²) < 4.78 is 2.00. The van der Waals surface area contributed by atoms with Gasteiger partial charge >= 0.3 is 0 Å². The first-order valence-corrected chi connectivity index (χ1v) is 8.00. The highest BCUT2D eigenvalue weighted by molar-refractivity contribution is 14.0. The molecular weight excluding hydrogens is 405 g/mol. The monoisotopic (exact) mass is 435 g/mol. The normalized spacial score (nSPS) is 18.1. The van der Waals surface area contributed by atoms with Gasteiger partial charge in [-0.05, 0) is 34.1 Å². The highest BCUT2D eigenvalue weighted by atomic mass is 127. The minimum absolute atomic E-state index is 0. The molecule has 2 heterocycles. The van der Waals surface area contributed by atoms with E-state index in [1.807, 2.05) is 11.6 Å².